The number of rotatable bonds is 7. The topological polar surface area (TPSA) is 97.7 Å². The zero-order chi connectivity index (χ0) is 20.3. The van der Waals surface area contributed by atoms with E-state index in [4.69, 9.17) is 16.3 Å². The predicted molar refractivity (Wildman–Crippen MR) is 109 cm³/mol. The number of aromatic amines is 1. The molecule has 1 amide bonds. The first-order valence-corrected chi connectivity index (χ1v) is 9.93. The minimum absolute atomic E-state index is 0.136. The maximum atomic E-state index is 12.2. The van der Waals surface area contributed by atoms with E-state index in [9.17, 15) is 4.79 Å². The van der Waals surface area contributed by atoms with Gasteiger partial charge in [0, 0.05) is 12.1 Å². The Morgan fingerprint density at radius 1 is 1.36 bits per heavy atom. The summed E-state index contributed by atoms with van der Waals surface area (Å²) in [5.74, 6) is 1.34. The SMILES string of the molecule is Cc1cc(OCc2nc(SCC(=O)Nc3c(C)nn(C)c3C)n[nH]2)ccc1Cl. The summed E-state index contributed by atoms with van der Waals surface area (Å²) < 4.78 is 7.42. The van der Waals surface area contributed by atoms with Crippen LogP contribution in [0.15, 0.2) is 23.4 Å². The van der Waals surface area contributed by atoms with E-state index in [0.717, 1.165) is 22.6 Å². The zero-order valence-corrected chi connectivity index (χ0v) is 17.6. The highest BCUT2D eigenvalue weighted by molar-refractivity contribution is 7.99. The third-order valence-corrected chi connectivity index (χ3v) is 5.39. The largest absolute Gasteiger partial charge is 0.486 e. The number of ether oxygens (including phenoxy) is 1. The van der Waals surface area contributed by atoms with E-state index in [-0.39, 0.29) is 18.3 Å². The maximum Gasteiger partial charge on any atom is 0.234 e. The van der Waals surface area contributed by atoms with Crippen LogP contribution in [0.1, 0.15) is 22.8 Å². The quantitative estimate of drug-likeness (QED) is 0.568. The molecule has 0 saturated carbocycles. The molecule has 0 aliphatic carbocycles. The van der Waals surface area contributed by atoms with Crippen molar-refractivity contribution < 1.29 is 9.53 Å². The van der Waals surface area contributed by atoms with Crippen molar-refractivity contribution in [3.05, 3.63) is 46.0 Å². The third kappa shape index (κ3) is 4.85. The molecule has 0 saturated heterocycles. The summed E-state index contributed by atoms with van der Waals surface area (Å²) in [5.41, 5.74) is 3.38. The van der Waals surface area contributed by atoms with Crippen LogP contribution >= 0.6 is 23.4 Å². The fraction of sp³-hybridized carbons (Fsp3) is 0.333. The first-order valence-electron chi connectivity index (χ1n) is 8.56. The highest BCUT2D eigenvalue weighted by atomic mass is 35.5. The van der Waals surface area contributed by atoms with Gasteiger partial charge in [-0.15, -0.1) is 5.10 Å². The van der Waals surface area contributed by atoms with Crippen LogP contribution in [-0.2, 0) is 18.4 Å². The Kier molecular flexibility index (Phi) is 6.25. The standard InChI is InChI=1S/C18H21ClN6O2S/c1-10-7-13(5-6-14(10)19)27-8-15-20-18(23-22-15)28-9-16(26)21-17-11(2)24-25(4)12(17)3/h5-7H,8-9H2,1-4H3,(H,21,26)(H,20,22,23). The summed E-state index contributed by atoms with van der Waals surface area (Å²) in [6.45, 7) is 5.93. The Balaban J connectivity index is 1.50. The van der Waals surface area contributed by atoms with E-state index >= 15 is 0 Å². The minimum Gasteiger partial charge on any atom is -0.486 e. The number of halogens is 1. The van der Waals surface area contributed by atoms with Crippen molar-refractivity contribution in [2.24, 2.45) is 7.05 Å². The van der Waals surface area contributed by atoms with E-state index in [0.29, 0.717) is 21.8 Å². The molecule has 3 aromatic rings. The molecule has 0 fully saturated rings. The van der Waals surface area contributed by atoms with Gasteiger partial charge >= 0.3 is 0 Å². The van der Waals surface area contributed by atoms with Gasteiger partial charge in [0.2, 0.25) is 11.1 Å². The lowest BCUT2D eigenvalue weighted by Crippen LogP contribution is -2.15. The lowest BCUT2D eigenvalue weighted by molar-refractivity contribution is -0.113. The molecule has 2 heterocycles. The van der Waals surface area contributed by atoms with Crippen molar-refractivity contribution in [1.29, 1.82) is 0 Å². The maximum absolute atomic E-state index is 12.2. The normalized spacial score (nSPS) is 10.9. The van der Waals surface area contributed by atoms with Crippen molar-refractivity contribution >= 4 is 35.0 Å². The summed E-state index contributed by atoms with van der Waals surface area (Å²) in [6, 6.07) is 5.45. The van der Waals surface area contributed by atoms with Crippen molar-refractivity contribution in [2.45, 2.75) is 32.5 Å². The van der Waals surface area contributed by atoms with Crippen molar-refractivity contribution in [3.63, 3.8) is 0 Å². The molecule has 3 rings (SSSR count). The molecule has 0 aliphatic heterocycles. The van der Waals surface area contributed by atoms with Crippen molar-refractivity contribution in [3.8, 4) is 5.75 Å². The van der Waals surface area contributed by atoms with E-state index in [1.165, 1.54) is 11.8 Å². The van der Waals surface area contributed by atoms with Crippen LogP contribution in [0.5, 0.6) is 5.75 Å². The minimum atomic E-state index is -0.136. The molecule has 0 aliphatic rings. The van der Waals surface area contributed by atoms with Crippen LogP contribution in [0.25, 0.3) is 0 Å². The van der Waals surface area contributed by atoms with Gasteiger partial charge in [-0.3, -0.25) is 14.6 Å². The highest BCUT2D eigenvalue weighted by Gasteiger charge is 2.14. The number of H-pyrrole nitrogens is 1. The summed E-state index contributed by atoms with van der Waals surface area (Å²) in [4.78, 5) is 16.5. The second-order valence-electron chi connectivity index (χ2n) is 6.27. The van der Waals surface area contributed by atoms with Crippen LogP contribution in [-0.4, -0.2) is 36.6 Å². The van der Waals surface area contributed by atoms with Gasteiger partial charge in [-0.1, -0.05) is 23.4 Å². The molecular formula is C18H21ClN6O2S. The molecular weight excluding hydrogens is 400 g/mol. The summed E-state index contributed by atoms with van der Waals surface area (Å²) in [7, 11) is 1.84. The van der Waals surface area contributed by atoms with E-state index in [1.807, 2.05) is 33.9 Å². The van der Waals surface area contributed by atoms with Gasteiger partial charge in [0.15, 0.2) is 5.82 Å². The van der Waals surface area contributed by atoms with E-state index in [1.54, 1.807) is 16.8 Å². The molecule has 2 aromatic heterocycles. The molecule has 28 heavy (non-hydrogen) atoms. The predicted octanol–water partition coefficient (Wildman–Crippen LogP) is 3.43. The van der Waals surface area contributed by atoms with Crippen LogP contribution < -0.4 is 10.1 Å². The van der Waals surface area contributed by atoms with Crippen LogP contribution in [0.4, 0.5) is 5.69 Å². The Hall–Kier alpha value is -2.52. The monoisotopic (exact) mass is 420 g/mol. The second-order valence-corrected chi connectivity index (χ2v) is 7.62. The molecule has 0 radical (unpaired) electrons. The van der Waals surface area contributed by atoms with Crippen molar-refractivity contribution in [2.75, 3.05) is 11.1 Å². The Morgan fingerprint density at radius 3 is 2.82 bits per heavy atom. The van der Waals surface area contributed by atoms with Crippen molar-refractivity contribution in [1.82, 2.24) is 25.0 Å². The molecule has 0 bridgehead atoms. The summed E-state index contributed by atoms with van der Waals surface area (Å²) in [6.07, 6.45) is 0. The van der Waals surface area contributed by atoms with Gasteiger partial charge < -0.3 is 10.1 Å². The molecule has 0 unspecified atom stereocenters. The van der Waals surface area contributed by atoms with Gasteiger partial charge in [0.05, 0.1) is 22.8 Å². The van der Waals surface area contributed by atoms with Gasteiger partial charge in [0.1, 0.15) is 12.4 Å². The molecule has 1 aromatic carbocycles. The first-order chi connectivity index (χ1) is 13.3. The number of hydrogen-bond donors (Lipinski definition) is 2. The number of aromatic nitrogens is 5. The lowest BCUT2D eigenvalue weighted by atomic mass is 10.2. The summed E-state index contributed by atoms with van der Waals surface area (Å²) in [5, 5.41) is 15.3. The fourth-order valence-corrected chi connectivity index (χ4v) is 3.26. The number of aryl methyl sites for hydroxylation is 3. The first kappa shape index (κ1) is 20.2. The smallest absolute Gasteiger partial charge is 0.234 e. The van der Waals surface area contributed by atoms with Crippen LogP contribution in [0.3, 0.4) is 0 Å². The van der Waals surface area contributed by atoms with Gasteiger partial charge in [0.25, 0.3) is 0 Å². The van der Waals surface area contributed by atoms with E-state index < -0.39 is 0 Å². The number of anilines is 1. The van der Waals surface area contributed by atoms with Gasteiger partial charge in [-0.25, -0.2) is 4.98 Å². The van der Waals surface area contributed by atoms with Gasteiger partial charge in [-0.05, 0) is 44.5 Å². The number of nitrogens with one attached hydrogen (secondary N) is 2. The third-order valence-electron chi connectivity index (χ3n) is 4.12. The Labute approximate surface area is 172 Å². The number of carbonyl (C=O) groups is 1. The second kappa shape index (κ2) is 8.66. The average molecular weight is 421 g/mol. The van der Waals surface area contributed by atoms with Gasteiger partial charge in [-0.2, -0.15) is 5.10 Å². The zero-order valence-electron chi connectivity index (χ0n) is 16.0. The molecule has 148 valence electrons. The number of thioether (sulfide) groups is 1. The lowest BCUT2D eigenvalue weighted by Gasteiger charge is -2.05. The Morgan fingerprint density at radius 2 is 2.14 bits per heavy atom. The Bertz CT molecular complexity index is 1000. The van der Waals surface area contributed by atoms with E-state index in [2.05, 4.69) is 25.6 Å². The highest BCUT2D eigenvalue weighted by Crippen LogP contribution is 2.22. The number of nitrogens with zero attached hydrogens (tertiary/aromatic N) is 4. The average Bonchev–Trinajstić information content (AvgIpc) is 3.21. The molecule has 0 spiro atoms. The summed E-state index contributed by atoms with van der Waals surface area (Å²) >= 11 is 7.25. The molecule has 2 N–H and O–H groups in total. The number of benzene rings is 1. The number of amides is 1. The number of hydrogen-bond acceptors (Lipinski definition) is 6. The van der Waals surface area contributed by atoms with Crippen LogP contribution in [0, 0.1) is 20.8 Å². The molecule has 0 atom stereocenters. The fourth-order valence-electron chi connectivity index (χ4n) is 2.53. The molecule has 10 heteroatoms. The van der Waals surface area contributed by atoms with Crippen LogP contribution in [0.2, 0.25) is 5.02 Å². The molecule has 8 nitrogen and oxygen atoms in total. The number of carbonyl (C=O) groups excluding carboxylic acids is 1.